The van der Waals surface area contributed by atoms with E-state index in [1.807, 2.05) is 60.7 Å². The highest BCUT2D eigenvalue weighted by molar-refractivity contribution is 6.07. The van der Waals surface area contributed by atoms with Crippen molar-refractivity contribution in [2.45, 2.75) is 0 Å². The number of amides is 1. The second-order valence-corrected chi connectivity index (χ2v) is 6.56. The molecular formula is C22H23N3O3. The lowest BCUT2D eigenvalue weighted by Crippen LogP contribution is -2.37. The third-order valence-electron chi connectivity index (χ3n) is 4.68. The topological polar surface area (TPSA) is 63.7 Å². The van der Waals surface area contributed by atoms with E-state index in [2.05, 4.69) is 10.2 Å². The molecule has 4 rings (SSSR count). The van der Waals surface area contributed by atoms with Crippen LogP contribution < -0.4 is 15.0 Å². The highest BCUT2D eigenvalue weighted by atomic mass is 16.5. The normalized spacial score (nSPS) is 14.1. The summed E-state index contributed by atoms with van der Waals surface area (Å²) in [4.78, 5) is 19.8. The summed E-state index contributed by atoms with van der Waals surface area (Å²) in [7, 11) is 0. The number of carbonyl (C=O) groups excluding carboxylic acids is 1. The van der Waals surface area contributed by atoms with Crippen LogP contribution in [0.4, 0.5) is 5.82 Å². The minimum Gasteiger partial charge on any atom is -0.492 e. The van der Waals surface area contributed by atoms with Gasteiger partial charge in [-0.15, -0.1) is 0 Å². The van der Waals surface area contributed by atoms with Gasteiger partial charge in [-0.2, -0.15) is 0 Å². The third kappa shape index (κ3) is 4.23. The van der Waals surface area contributed by atoms with Gasteiger partial charge in [-0.25, -0.2) is 4.98 Å². The SMILES string of the molecule is O=C(NCCOc1ccccc1)c1cc(N2CCOCC2)nc2ccccc12. The molecule has 0 atom stereocenters. The van der Waals surface area contributed by atoms with Crippen LogP contribution in [0.3, 0.4) is 0 Å². The van der Waals surface area contributed by atoms with Crippen LogP contribution in [-0.2, 0) is 4.74 Å². The molecule has 1 saturated heterocycles. The molecule has 1 aromatic heterocycles. The first-order chi connectivity index (χ1) is 13.8. The fourth-order valence-electron chi connectivity index (χ4n) is 3.25. The molecule has 0 bridgehead atoms. The van der Waals surface area contributed by atoms with Gasteiger partial charge in [0, 0.05) is 18.5 Å². The summed E-state index contributed by atoms with van der Waals surface area (Å²) in [5.41, 5.74) is 1.45. The number of anilines is 1. The van der Waals surface area contributed by atoms with Crippen LogP contribution in [0.25, 0.3) is 10.9 Å². The van der Waals surface area contributed by atoms with E-state index in [0.717, 1.165) is 35.6 Å². The molecule has 3 aromatic rings. The van der Waals surface area contributed by atoms with Crippen LogP contribution in [-0.4, -0.2) is 50.3 Å². The number of nitrogens with zero attached hydrogens (tertiary/aromatic N) is 2. The predicted octanol–water partition coefficient (Wildman–Crippen LogP) is 2.88. The molecule has 6 nitrogen and oxygen atoms in total. The molecule has 0 spiro atoms. The monoisotopic (exact) mass is 377 g/mol. The van der Waals surface area contributed by atoms with E-state index in [1.54, 1.807) is 0 Å². The predicted molar refractivity (Wildman–Crippen MR) is 109 cm³/mol. The Morgan fingerprint density at radius 2 is 1.82 bits per heavy atom. The number of hydrogen-bond acceptors (Lipinski definition) is 5. The van der Waals surface area contributed by atoms with Crippen molar-refractivity contribution in [3.8, 4) is 5.75 Å². The number of morpholine rings is 1. The quantitative estimate of drug-likeness (QED) is 0.669. The van der Waals surface area contributed by atoms with Crippen LogP contribution in [0.2, 0.25) is 0 Å². The van der Waals surface area contributed by atoms with Crippen molar-refractivity contribution in [3.05, 3.63) is 66.2 Å². The molecule has 28 heavy (non-hydrogen) atoms. The maximum Gasteiger partial charge on any atom is 0.252 e. The van der Waals surface area contributed by atoms with E-state index in [-0.39, 0.29) is 5.91 Å². The van der Waals surface area contributed by atoms with Gasteiger partial charge in [-0.3, -0.25) is 4.79 Å². The van der Waals surface area contributed by atoms with Crippen molar-refractivity contribution in [1.82, 2.24) is 10.3 Å². The van der Waals surface area contributed by atoms with Crippen LogP contribution >= 0.6 is 0 Å². The number of para-hydroxylation sites is 2. The molecule has 1 fully saturated rings. The number of fused-ring (bicyclic) bond motifs is 1. The zero-order valence-electron chi connectivity index (χ0n) is 15.6. The van der Waals surface area contributed by atoms with Gasteiger partial charge in [-0.05, 0) is 24.3 Å². The number of hydrogen-bond donors (Lipinski definition) is 1. The van der Waals surface area contributed by atoms with E-state index in [1.165, 1.54) is 0 Å². The molecule has 1 aliphatic rings. The third-order valence-corrected chi connectivity index (χ3v) is 4.68. The van der Waals surface area contributed by atoms with E-state index >= 15 is 0 Å². The van der Waals surface area contributed by atoms with Crippen LogP contribution in [0.5, 0.6) is 5.75 Å². The summed E-state index contributed by atoms with van der Waals surface area (Å²) in [6, 6.07) is 19.2. The first kappa shape index (κ1) is 18.3. The van der Waals surface area contributed by atoms with Crippen molar-refractivity contribution in [1.29, 1.82) is 0 Å². The highest BCUT2D eigenvalue weighted by Crippen LogP contribution is 2.23. The first-order valence-electron chi connectivity index (χ1n) is 9.50. The molecule has 1 amide bonds. The molecule has 1 N–H and O–H groups in total. The summed E-state index contributed by atoms with van der Waals surface area (Å²) in [6.45, 7) is 3.74. The van der Waals surface area contributed by atoms with E-state index in [4.69, 9.17) is 14.5 Å². The number of carbonyl (C=O) groups is 1. The smallest absolute Gasteiger partial charge is 0.252 e. The molecule has 0 radical (unpaired) electrons. The van der Waals surface area contributed by atoms with Gasteiger partial charge in [-0.1, -0.05) is 36.4 Å². The standard InChI is InChI=1S/C22H23N3O3/c26-22(23-10-13-28-17-6-2-1-3-7-17)19-16-21(25-11-14-27-15-12-25)24-20-9-5-4-8-18(19)20/h1-9,16H,10-15H2,(H,23,26). The van der Waals surface area contributed by atoms with E-state index in [9.17, 15) is 4.79 Å². The number of nitrogens with one attached hydrogen (secondary N) is 1. The molecule has 0 unspecified atom stereocenters. The molecule has 2 heterocycles. The second kappa shape index (κ2) is 8.71. The van der Waals surface area contributed by atoms with Crippen LogP contribution in [0, 0.1) is 0 Å². The molecule has 6 heteroatoms. The molecule has 0 aliphatic carbocycles. The molecule has 0 saturated carbocycles. The fourth-order valence-corrected chi connectivity index (χ4v) is 3.25. The Labute approximate surface area is 164 Å². The Kier molecular flexibility index (Phi) is 5.68. The summed E-state index contributed by atoms with van der Waals surface area (Å²) in [5, 5.41) is 3.80. The fraction of sp³-hybridized carbons (Fsp3) is 0.273. The summed E-state index contributed by atoms with van der Waals surface area (Å²) in [6.07, 6.45) is 0. The minimum atomic E-state index is -0.121. The Bertz CT molecular complexity index is 940. The maximum atomic E-state index is 12.9. The van der Waals surface area contributed by atoms with Gasteiger partial charge in [0.1, 0.15) is 18.2 Å². The van der Waals surface area contributed by atoms with Crippen molar-refractivity contribution in [3.63, 3.8) is 0 Å². The van der Waals surface area contributed by atoms with Crippen LogP contribution in [0.15, 0.2) is 60.7 Å². The molecular weight excluding hydrogens is 354 g/mol. The number of ether oxygens (including phenoxy) is 2. The Balaban J connectivity index is 1.48. The van der Waals surface area contributed by atoms with Gasteiger partial charge in [0.05, 0.1) is 30.8 Å². The minimum absolute atomic E-state index is 0.121. The van der Waals surface area contributed by atoms with Gasteiger partial charge < -0.3 is 19.7 Å². The number of rotatable bonds is 6. The summed E-state index contributed by atoms with van der Waals surface area (Å²) < 4.78 is 11.1. The van der Waals surface area contributed by atoms with Crippen molar-refractivity contribution in [2.75, 3.05) is 44.4 Å². The number of pyridine rings is 1. The summed E-state index contributed by atoms with van der Waals surface area (Å²) in [5.74, 6) is 1.48. The first-order valence-corrected chi connectivity index (χ1v) is 9.50. The van der Waals surface area contributed by atoms with E-state index < -0.39 is 0 Å². The molecule has 144 valence electrons. The maximum absolute atomic E-state index is 12.9. The van der Waals surface area contributed by atoms with E-state index in [0.29, 0.717) is 31.9 Å². The highest BCUT2D eigenvalue weighted by Gasteiger charge is 2.18. The lowest BCUT2D eigenvalue weighted by molar-refractivity contribution is 0.0948. The van der Waals surface area contributed by atoms with Crippen molar-refractivity contribution >= 4 is 22.6 Å². The lowest BCUT2D eigenvalue weighted by Gasteiger charge is -2.28. The van der Waals surface area contributed by atoms with Gasteiger partial charge in [0.15, 0.2) is 0 Å². The average Bonchev–Trinajstić information content (AvgIpc) is 2.77. The lowest BCUT2D eigenvalue weighted by atomic mass is 10.1. The average molecular weight is 377 g/mol. The Hall–Kier alpha value is -3.12. The van der Waals surface area contributed by atoms with Gasteiger partial charge >= 0.3 is 0 Å². The largest absolute Gasteiger partial charge is 0.492 e. The van der Waals surface area contributed by atoms with Crippen LogP contribution in [0.1, 0.15) is 10.4 Å². The Morgan fingerprint density at radius 3 is 2.64 bits per heavy atom. The zero-order valence-corrected chi connectivity index (χ0v) is 15.6. The van der Waals surface area contributed by atoms with Crippen molar-refractivity contribution in [2.24, 2.45) is 0 Å². The molecule has 2 aromatic carbocycles. The van der Waals surface area contributed by atoms with Gasteiger partial charge in [0.2, 0.25) is 0 Å². The molecule has 1 aliphatic heterocycles. The van der Waals surface area contributed by atoms with Gasteiger partial charge in [0.25, 0.3) is 5.91 Å². The van der Waals surface area contributed by atoms with Crippen molar-refractivity contribution < 1.29 is 14.3 Å². The number of benzene rings is 2. The Morgan fingerprint density at radius 1 is 1.07 bits per heavy atom. The number of aromatic nitrogens is 1. The summed E-state index contributed by atoms with van der Waals surface area (Å²) >= 11 is 0. The second-order valence-electron chi connectivity index (χ2n) is 6.56. The zero-order chi connectivity index (χ0) is 19.2.